The summed E-state index contributed by atoms with van der Waals surface area (Å²) in [6.45, 7) is 0. The molecule has 1 aromatic heterocycles. The van der Waals surface area contributed by atoms with Crippen molar-refractivity contribution in [2.45, 2.75) is 26.4 Å². The number of hydrogen-bond acceptors (Lipinski definition) is 8. The maximum atomic E-state index is 12.7. The third-order valence-electron chi connectivity index (χ3n) is 4.19. The largest absolute Gasteiger partial charge is 0.465 e. The van der Waals surface area contributed by atoms with Crippen molar-refractivity contribution in [1.29, 1.82) is 0 Å². The average molecular weight is 493 g/mol. The van der Waals surface area contributed by atoms with Crippen LogP contribution in [-0.4, -0.2) is 36.4 Å². The Morgan fingerprint density at radius 2 is 1.71 bits per heavy atom. The van der Waals surface area contributed by atoms with Crippen molar-refractivity contribution >= 4 is 52.9 Å². The van der Waals surface area contributed by atoms with Crippen LogP contribution >= 0.6 is 46.9 Å². The zero-order valence-corrected chi connectivity index (χ0v) is 20.4. The Kier molecular flexibility index (Phi) is 9.10. The fraction of sp³-hybridized carbons (Fsp3) is 0.227. The number of methoxy groups -OCH3 is 2. The molecule has 0 aliphatic heterocycles. The molecule has 0 aliphatic rings. The maximum Gasteiger partial charge on any atom is 0.343 e. The molecule has 1 heterocycles. The highest BCUT2D eigenvalue weighted by atomic mass is 35.5. The van der Waals surface area contributed by atoms with Crippen LogP contribution in [-0.2, 0) is 15.2 Å². The van der Waals surface area contributed by atoms with Crippen LogP contribution in [0.2, 0.25) is 5.02 Å². The van der Waals surface area contributed by atoms with Crippen LogP contribution in [0.4, 0.5) is 0 Å². The Balaban J connectivity index is 1.97. The van der Waals surface area contributed by atoms with Gasteiger partial charge in [-0.1, -0.05) is 77.6 Å². The number of nitrogens with zero attached hydrogens (tertiary/aromatic N) is 2. The molecule has 2 aromatic carbocycles. The van der Waals surface area contributed by atoms with Gasteiger partial charge in [-0.25, -0.2) is 14.8 Å². The Morgan fingerprint density at radius 3 is 2.32 bits per heavy atom. The first-order valence-corrected chi connectivity index (χ1v) is 12.7. The molecule has 0 radical (unpaired) electrons. The number of hydrogen-bond donors (Lipinski definition) is 0. The van der Waals surface area contributed by atoms with Gasteiger partial charge in [0.05, 0.1) is 7.11 Å². The van der Waals surface area contributed by atoms with E-state index in [1.807, 2.05) is 60.9 Å². The number of carbonyl (C=O) groups excluding carboxylic acids is 1. The van der Waals surface area contributed by atoms with Gasteiger partial charge in [-0.05, 0) is 29.5 Å². The second kappa shape index (κ2) is 11.8. The number of halogens is 1. The van der Waals surface area contributed by atoms with Crippen molar-refractivity contribution in [2.24, 2.45) is 0 Å². The molecule has 162 valence electrons. The van der Waals surface area contributed by atoms with Crippen LogP contribution in [0.3, 0.4) is 0 Å². The molecule has 5 nitrogen and oxygen atoms in total. The molecular weight excluding hydrogens is 472 g/mol. The first-order valence-electron chi connectivity index (χ1n) is 9.21. The predicted octanol–water partition coefficient (Wildman–Crippen LogP) is 6.37. The topological polar surface area (TPSA) is 61.3 Å². The van der Waals surface area contributed by atoms with Gasteiger partial charge in [-0.3, -0.25) is 0 Å². The van der Waals surface area contributed by atoms with E-state index >= 15 is 0 Å². The second-order valence-electron chi connectivity index (χ2n) is 6.20. The first kappa shape index (κ1) is 23.9. The number of rotatable bonds is 9. The van der Waals surface area contributed by atoms with Crippen LogP contribution in [0.15, 0.2) is 69.8 Å². The highest BCUT2D eigenvalue weighted by molar-refractivity contribution is 8.00. The quantitative estimate of drug-likeness (QED) is 0.112. The zero-order valence-electron chi connectivity index (χ0n) is 17.2. The molecule has 3 rings (SSSR count). The van der Waals surface area contributed by atoms with Crippen LogP contribution in [0.1, 0.15) is 26.9 Å². The molecule has 0 aliphatic carbocycles. The molecular formula is C22H21ClN2O3S3. The standard InChI is InChI=1S/C22H21ClN2O3S3/c1-27-20(26)17-18(30-13-14-9-11-16(23)12-10-14)24-22(29-3)25-19(17)31-21(28-2)15-7-5-4-6-8-15/h4-12,21H,13H2,1-3H3. The van der Waals surface area contributed by atoms with E-state index in [2.05, 4.69) is 9.97 Å². The lowest BCUT2D eigenvalue weighted by Crippen LogP contribution is -2.11. The number of aromatic nitrogens is 2. The van der Waals surface area contributed by atoms with Gasteiger partial charge in [0.15, 0.2) is 5.16 Å². The Morgan fingerprint density at radius 1 is 1.03 bits per heavy atom. The molecule has 0 amide bonds. The Labute approximate surface area is 199 Å². The van der Waals surface area contributed by atoms with Gasteiger partial charge < -0.3 is 9.47 Å². The van der Waals surface area contributed by atoms with Gasteiger partial charge >= 0.3 is 5.97 Å². The fourth-order valence-corrected chi connectivity index (χ4v) is 5.33. The number of benzene rings is 2. The molecule has 0 spiro atoms. The molecule has 0 saturated carbocycles. The monoisotopic (exact) mass is 492 g/mol. The van der Waals surface area contributed by atoms with E-state index in [4.69, 9.17) is 21.1 Å². The van der Waals surface area contributed by atoms with Gasteiger partial charge in [0, 0.05) is 17.9 Å². The van der Waals surface area contributed by atoms with Crippen LogP contribution in [0, 0.1) is 0 Å². The van der Waals surface area contributed by atoms with E-state index in [0.717, 1.165) is 11.1 Å². The van der Waals surface area contributed by atoms with E-state index in [0.29, 0.717) is 31.5 Å². The minimum absolute atomic E-state index is 0.330. The molecule has 3 aromatic rings. The summed E-state index contributed by atoms with van der Waals surface area (Å²) in [6, 6.07) is 17.4. The number of ether oxygens (including phenoxy) is 2. The molecule has 1 unspecified atom stereocenters. The van der Waals surface area contributed by atoms with Crippen LogP contribution in [0.5, 0.6) is 0 Å². The SMILES string of the molecule is COC(=O)c1c(SCc2ccc(Cl)cc2)nc(SC)nc1SC(OC)c1ccccc1. The number of thioether (sulfide) groups is 3. The van der Waals surface area contributed by atoms with E-state index in [1.165, 1.54) is 42.4 Å². The Bertz CT molecular complexity index is 1020. The first-order chi connectivity index (χ1) is 15.0. The van der Waals surface area contributed by atoms with Gasteiger partial charge in [-0.2, -0.15) is 0 Å². The minimum Gasteiger partial charge on any atom is -0.465 e. The van der Waals surface area contributed by atoms with Crippen molar-refractivity contribution in [3.63, 3.8) is 0 Å². The van der Waals surface area contributed by atoms with Gasteiger partial charge in [0.1, 0.15) is 21.1 Å². The average Bonchev–Trinajstić information content (AvgIpc) is 2.81. The van der Waals surface area contributed by atoms with Crippen molar-refractivity contribution in [1.82, 2.24) is 9.97 Å². The van der Waals surface area contributed by atoms with E-state index < -0.39 is 5.97 Å². The van der Waals surface area contributed by atoms with Gasteiger partial charge in [-0.15, -0.1) is 11.8 Å². The lowest BCUT2D eigenvalue weighted by Gasteiger charge is -2.18. The summed E-state index contributed by atoms with van der Waals surface area (Å²) in [6.07, 6.45) is 1.90. The summed E-state index contributed by atoms with van der Waals surface area (Å²) in [5.74, 6) is 0.152. The lowest BCUT2D eigenvalue weighted by molar-refractivity contribution is 0.0589. The van der Waals surface area contributed by atoms with Crippen molar-refractivity contribution in [2.75, 3.05) is 20.5 Å². The Hall–Kier alpha value is -1.71. The summed E-state index contributed by atoms with van der Waals surface area (Å²) in [5.41, 5.74) is 2.07. The van der Waals surface area contributed by atoms with E-state index in [-0.39, 0.29) is 5.44 Å². The van der Waals surface area contributed by atoms with E-state index in [9.17, 15) is 4.79 Å². The smallest absolute Gasteiger partial charge is 0.343 e. The maximum absolute atomic E-state index is 12.7. The highest BCUT2D eigenvalue weighted by Crippen LogP contribution is 2.40. The zero-order chi connectivity index (χ0) is 22.2. The fourth-order valence-electron chi connectivity index (χ4n) is 2.66. The summed E-state index contributed by atoms with van der Waals surface area (Å²) in [4.78, 5) is 21.9. The molecule has 0 fully saturated rings. The normalized spacial score (nSPS) is 11.9. The van der Waals surface area contributed by atoms with Crippen molar-refractivity contribution in [3.05, 3.63) is 76.3 Å². The molecule has 0 N–H and O–H groups in total. The summed E-state index contributed by atoms with van der Waals surface area (Å²) in [5, 5.41) is 2.37. The molecule has 0 saturated heterocycles. The third-order valence-corrected chi connectivity index (χ3v) is 7.23. The van der Waals surface area contributed by atoms with Gasteiger partial charge in [0.25, 0.3) is 0 Å². The molecule has 1 atom stereocenters. The van der Waals surface area contributed by atoms with Crippen molar-refractivity contribution < 1.29 is 14.3 Å². The molecule has 0 bridgehead atoms. The number of esters is 1. The molecule has 31 heavy (non-hydrogen) atoms. The molecule has 9 heteroatoms. The van der Waals surface area contributed by atoms with Crippen molar-refractivity contribution in [3.8, 4) is 0 Å². The predicted molar refractivity (Wildman–Crippen MR) is 128 cm³/mol. The van der Waals surface area contributed by atoms with Gasteiger partial charge in [0.2, 0.25) is 0 Å². The van der Waals surface area contributed by atoms with Crippen LogP contribution < -0.4 is 0 Å². The summed E-state index contributed by atoms with van der Waals surface area (Å²) < 4.78 is 10.8. The third kappa shape index (κ3) is 6.40. The van der Waals surface area contributed by atoms with E-state index in [1.54, 1.807) is 7.11 Å². The number of carbonyl (C=O) groups is 1. The lowest BCUT2D eigenvalue weighted by atomic mass is 10.2. The highest BCUT2D eigenvalue weighted by Gasteiger charge is 2.25. The second-order valence-corrected chi connectivity index (χ2v) is 9.42. The van der Waals surface area contributed by atoms with Crippen LogP contribution in [0.25, 0.3) is 0 Å². The minimum atomic E-state index is -0.475. The summed E-state index contributed by atoms with van der Waals surface area (Å²) in [7, 11) is 2.99. The summed E-state index contributed by atoms with van der Waals surface area (Å²) >= 11 is 10.2.